The predicted molar refractivity (Wildman–Crippen MR) is 115 cm³/mol. The van der Waals surface area contributed by atoms with Gasteiger partial charge < -0.3 is 10.6 Å². The molecule has 0 spiro atoms. The van der Waals surface area contributed by atoms with Crippen molar-refractivity contribution in [3.8, 4) is 0 Å². The summed E-state index contributed by atoms with van der Waals surface area (Å²) in [5.74, 6) is 0.108. The second-order valence-electron chi connectivity index (χ2n) is 8.72. The van der Waals surface area contributed by atoms with Gasteiger partial charge in [-0.1, -0.05) is 26.8 Å². The molecule has 0 fully saturated rings. The van der Waals surface area contributed by atoms with Gasteiger partial charge in [0.15, 0.2) is 0 Å². The molecule has 0 saturated heterocycles. The zero-order valence-corrected chi connectivity index (χ0v) is 18.1. The van der Waals surface area contributed by atoms with Crippen molar-refractivity contribution in [1.82, 2.24) is 0 Å². The van der Waals surface area contributed by atoms with Crippen molar-refractivity contribution in [2.45, 2.75) is 52.0 Å². The molecule has 2 aromatic rings. The Bertz CT molecular complexity index is 881. The minimum atomic E-state index is -0.329. The number of amides is 1. The van der Waals surface area contributed by atoms with Crippen molar-refractivity contribution in [3.05, 3.63) is 58.4 Å². The van der Waals surface area contributed by atoms with Gasteiger partial charge in [-0.25, -0.2) is 4.39 Å². The van der Waals surface area contributed by atoms with E-state index in [0.717, 1.165) is 51.7 Å². The van der Waals surface area contributed by atoms with Gasteiger partial charge in [-0.05, 0) is 65.8 Å². The average molecular weight is 401 g/mol. The number of benzene rings is 2. The zero-order chi connectivity index (χ0) is 20.6. The van der Waals surface area contributed by atoms with Crippen LogP contribution in [0.5, 0.6) is 0 Å². The molecule has 150 valence electrons. The lowest BCUT2D eigenvalue weighted by Gasteiger charge is -2.32. The molecule has 0 bridgehead atoms. The van der Waals surface area contributed by atoms with E-state index in [9.17, 15) is 9.18 Å². The summed E-state index contributed by atoms with van der Waals surface area (Å²) in [7, 11) is 0. The number of hydrogen-bond donors (Lipinski definition) is 1. The molecule has 0 aliphatic carbocycles. The van der Waals surface area contributed by atoms with Crippen LogP contribution in [0.2, 0.25) is 0 Å². The van der Waals surface area contributed by atoms with Crippen LogP contribution >= 0.6 is 11.8 Å². The molecule has 2 N–H and O–H groups in total. The third-order valence-corrected chi connectivity index (χ3v) is 6.47. The highest BCUT2D eigenvalue weighted by Crippen LogP contribution is 2.40. The highest BCUT2D eigenvalue weighted by molar-refractivity contribution is 7.99. The lowest BCUT2D eigenvalue weighted by atomic mass is 9.73. The molecule has 1 amide bonds. The summed E-state index contributed by atoms with van der Waals surface area (Å²) in [6.07, 6.45) is 0. The van der Waals surface area contributed by atoms with Crippen LogP contribution in [0.15, 0.2) is 35.2 Å². The lowest BCUT2D eigenvalue weighted by Crippen LogP contribution is -2.33. The number of aryl methyl sites for hydroxylation is 2. The average Bonchev–Trinajstić information content (AvgIpc) is 2.78. The topological polar surface area (TPSA) is 46.3 Å². The Kier molecular flexibility index (Phi) is 5.76. The van der Waals surface area contributed by atoms with E-state index in [0.29, 0.717) is 0 Å². The molecular weight excluding hydrogens is 371 g/mol. The van der Waals surface area contributed by atoms with Gasteiger partial charge in [-0.3, -0.25) is 4.79 Å². The van der Waals surface area contributed by atoms with E-state index < -0.39 is 0 Å². The Morgan fingerprint density at radius 2 is 1.82 bits per heavy atom. The van der Waals surface area contributed by atoms with Crippen LogP contribution < -0.4 is 10.6 Å². The van der Waals surface area contributed by atoms with Gasteiger partial charge in [0, 0.05) is 29.4 Å². The lowest BCUT2D eigenvalue weighted by molar-refractivity contribution is -0.121. The van der Waals surface area contributed by atoms with E-state index in [1.165, 1.54) is 6.07 Å². The number of fused-ring (bicyclic) bond motifs is 1. The smallest absolute Gasteiger partial charge is 0.225 e. The number of thioether (sulfide) groups is 1. The first-order valence-electron chi connectivity index (χ1n) is 9.64. The molecule has 0 saturated carbocycles. The number of nitrogens with two attached hydrogens (primary N) is 1. The number of nitrogens with zero attached hydrogens (tertiary/aromatic N) is 1. The fraction of sp³-hybridized carbons (Fsp3) is 0.435. The Hall–Kier alpha value is -2.01. The molecule has 28 heavy (non-hydrogen) atoms. The van der Waals surface area contributed by atoms with Crippen molar-refractivity contribution < 1.29 is 9.18 Å². The minimum Gasteiger partial charge on any atom is -0.369 e. The number of carbonyl (C=O) groups is 1. The number of halogens is 1. The molecule has 2 aromatic carbocycles. The highest BCUT2D eigenvalue weighted by atomic mass is 32.2. The predicted octanol–water partition coefficient (Wildman–Crippen LogP) is 5.17. The monoisotopic (exact) mass is 400 g/mol. The summed E-state index contributed by atoms with van der Waals surface area (Å²) in [6, 6.07) is 9.35. The third kappa shape index (κ3) is 4.19. The summed E-state index contributed by atoms with van der Waals surface area (Å²) in [5.41, 5.74) is 11.0. The van der Waals surface area contributed by atoms with Crippen LogP contribution in [0, 0.1) is 25.1 Å². The maximum absolute atomic E-state index is 13.6. The van der Waals surface area contributed by atoms with Crippen molar-refractivity contribution in [1.29, 1.82) is 0 Å². The second kappa shape index (κ2) is 7.78. The van der Waals surface area contributed by atoms with Crippen molar-refractivity contribution in [2.75, 3.05) is 17.2 Å². The molecule has 5 heteroatoms. The zero-order valence-electron chi connectivity index (χ0n) is 17.3. The molecule has 1 aliphatic heterocycles. The fourth-order valence-electron chi connectivity index (χ4n) is 4.16. The SMILES string of the molecule is Cc1cc(N2CCSc3cc(F)ccc3C2)cc(C)c1C(C(N)=O)C(C)(C)C. The Labute approximate surface area is 171 Å². The highest BCUT2D eigenvalue weighted by Gasteiger charge is 2.33. The summed E-state index contributed by atoms with van der Waals surface area (Å²) >= 11 is 1.70. The number of primary amides is 1. The van der Waals surface area contributed by atoms with Crippen LogP contribution in [-0.4, -0.2) is 18.2 Å². The maximum atomic E-state index is 13.6. The standard InChI is InChI=1S/C23H29FN2OS/c1-14-10-18(11-15(2)20(14)21(22(25)27)23(3,4)5)26-8-9-28-19-12-17(24)7-6-16(19)13-26/h6-7,10-12,21H,8-9,13H2,1-5H3,(H2,25,27). The first kappa shape index (κ1) is 20.7. The first-order chi connectivity index (χ1) is 13.1. The van der Waals surface area contributed by atoms with Gasteiger partial charge in [-0.2, -0.15) is 0 Å². The van der Waals surface area contributed by atoms with Gasteiger partial charge in [0.1, 0.15) is 5.82 Å². The Morgan fingerprint density at radius 3 is 2.39 bits per heavy atom. The molecule has 3 nitrogen and oxygen atoms in total. The van der Waals surface area contributed by atoms with Crippen LogP contribution in [0.4, 0.5) is 10.1 Å². The quantitative estimate of drug-likeness (QED) is 0.773. The van der Waals surface area contributed by atoms with Gasteiger partial charge in [0.25, 0.3) is 0 Å². The molecule has 0 radical (unpaired) electrons. The fourth-order valence-corrected chi connectivity index (χ4v) is 5.20. The Morgan fingerprint density at radius 1 is 1.18 bits per heavy atom. The van der Waals surface area contributed by atoms with Crippen LogP contribution in [0.25, 0.3) is 0 Å². The van der Waals surface area contributed by atoms with E-state index in [2.05, 4.69) is 51.7 Å². The van der Waals surface area contributed by atoms with Gasteiger partial charge in [-0.15, -0.1) is 11.8 Å². The molecule has 1 unspecified atom stereocenters. The number of rotatable bonds is 3. The normalized spacial score (nSPS) is 15.7. The van der Waals surface area contributed by atoms with Crippen molar-refractivity contribution >= 4 is 23.4 Å². The van der Waals surface area contributed by atoms with Gasteiger partial charge >= 0.3 is 0 Å². The van der Waals surface area contributed by atoms with E-state index in [4.69, 9.17) is 5.73 Å². The number of anilines is 1. The first-order valence-corrected chi connectivity index (χ1v) is 10.6. The summed E-state index contributed by atoms with van der Waals surface area (Å²) in [4.78, 5) is 15.6. The van der Waals surface area contributed by atoms with E-state index in [1.54, 1.807) is 17.8 Å². The van der Waals surface area contributed by atoms with Crippen LogP contribution in [0.3, 0.4) is 0 Å². The van der Waals surface area contributed by atoms with Crippen LogP contribution in [-0.2, 0) is 11.3 Å². The molecule has 1 aliphatic rings. The van der Waals surface area contributed by atoms with E-state index >= 15 is 0 Å². The van der Waals surface area contributed by atoms with Crippen LogP contribution in [0.1, 0.15) is 48.9 Å². The molecule has 3 rings (SSSR count). The minimum absolute atomic E-state index is 0.185. The number of hydrogen-bond acceptors (Lipinski definition) is 3. The summed E-state index contributed by atoms with van der Waals surface area (Å²) < 4.78 is 13.6. The third-order valence-electron chi connectivity index (χ3n) is 5.39. The maximum Gasteiger partial charge on any atom is 0.225 e. The Balaban J connectivity index is 1.98. The second-order valence-corrected chi connectivity index (χ2v) is 9.85. The van der Waals surface area contributed by atoms with Gasteiger partial charge in [0.05, 0.1) is 5.92 Å². The molecular formula is C23H29FN2OS. The molecule has 0 aromatic heterocycles. The largest absolute Gasteiger partial charge is 0.369 e. The van der Waals surface area contributed by atoms with E-state index in [1.807, 2.05) is 6.07 Å². The number of carbonyl (C=O) groups excluding carboxylic acids is 1. The molecule has 1 heterocycles. The van der Waals surface area contributed by atoms with Crippen molar-refractivity contribution in [2.24, 2.45) is 11.1 Å². The summed E-state index contributed by atoms with van der Waals surface area (Å²) in [5, 5.41) is 0. The van der Waals surface area contributed by atoms with Crippen molar-refractivity contribution in [3.63, 3.8) is 0 Å². The van der Waals surface area contributed by atoms with E-state index in [-0.39, 0.29) is 23.1 Å². The van der Waals surface area contributed by atoms with Gasteiger partial charge in [0.2, 0.25) is 5.91 Å². The molecule has 1 atom stereocenters. The summed E-state index contributed by atoms with van der Waals surface area (Å²) in [6.45, 7) is 11.9.